The summed E-state index contributed by atoms with van der Waals surface area (Å²) >= 11 is 5.53. The van der Waals surface area contributed by atoms with Crippen LogP contribution in [0, 0.1) is 17.7 Å². The highest BCUT2D eigenvalue weighted by atomic mass is 35.5. The van der Waals surface area contributed by atoms with E-state index in [0.29, 0.717) is 5.56 Å². The van der Waals surface area contributed by atoms with E-state index in [4.69, 9.17) is 16.3 Å². The Morgan fingerprint density at radius 1 is 1.14 bits per heavy atom. The summed E-state index contributed by atoms with van der Waals surface area (Å²) in [5.41, 5.74) is 5.02. The van der Waals surface area contributed by atoms with Crippen LogP contribution >= 0.6 is 11.6 Å². The van der Waals surface area contributed by atoms with Crippen LogP contribution in [0.1, 0.15) is 22.6 Å². The number of hydrogen-bond acceptors (Lipinski definition) is 3. The first-order valence-corrected chi connectivity index (χ1v) is 9.40. The zero-order valence-corrected chi connectivity index (χ0v) is 16.0. The van der Waals surface area contributed by atoms with Crippen LogP contribution in [0.25, 0.3) is 11.1 Å². The van der Waals surface area contributed by atoms with Crippen molar-refractivity contribution in [3.8, 4) is 23.0 Å². The van der Waals surface area contributed by atoms with Gasteiger partial charge in [0.15, 0.2) is 11.0 Å². The Morgan fingerprint density at radius 3 is 2.45 bits per heavy atom. The molecule has 0 atom stereocenters. The molecule has 0 radical (unpaired) electrons. The summed E-state index contributed by atoms with van der Waals surface area (Å²) in [6, 6.07) is 17.5. The molecule has 4 rings (SSSR count). The average molecular weight is 407 g/mol. The van der Waals surface area contributed by atoms with Crippen LogP contribution < -0.4 is 5.32 Å². The van der Waals surface area contributed by atoms with Gasteiger partial charge < -0.3 is 10.1 Å². The Labute approximate surface area is 172 Å². The number of nitrogens with zero attached hydrogens (tertiary/aromatic N) is 1. The highest BCUT2D eigenvalue weighted by Gasteiger charge is 2.28. The maximum absolute atomic E-state index is 13.3. The molecule has 0 fully saturated rings. The predicted octanol–water partition coefficient (Wildman–Crippen LogP) is 4.76. The smallest absolute Gasteiger partial charge is 0.407 e. The van der Waals surface area contributed by atoms with Crippen LogP contribution in [0.2, 0.25) is 5.15 Å². The topological polar surface area (TPSA) is 51.2 Å². The number of carbonyl (C=O) groups is 1. The minimum Gasteiger partial charge on any atom is -0.449 e. The molecule has 0 aliphatic heterocycles. The molecular weight excluding hydrogens is 391 g/mol. The number of aromatic nitrogens is 1. The van der Waals surface area contributed by atoms with Gasteiger partial charge in [-0.1, -0.05) is 72.0 Å². The molecule has 29 heavy (non-hydrogen) atoms. The van der Waals surface area contributed by atoms with E-state index in [2.05, 4.69) is 46.4 Å². The lowest BCUT2D eigenvalue weighted by Crippen LogP contribution is -2.26. The van der Waals surface area contributed by atoms with E-state index in [1.807, 2.05) is 24.3 Å². The number of alkyl carbamates (subject to hydrolysis) is 1. The molecule has 0 spiro atoms. The second-order valence-corrected chi connectivity index (χ2v) is 6.84. The molecule has 1 N–H and O–H groups in total. The summed E-state index contributed by atoms with van der Waals surface area (Å²) in [5.74, 6) is 4.80. The van der Waals surface area contributed by atoms with E-state index >= 15 is 0 Å². The quantitative estimate of drug-likeness (QED) is 0.503. The molecular formula is C23H16ClFN2O2. The van der Waals surface area contributed by atoms with Crippen LogP contribution in [-0.2, 0) is 4.74 Å². The fourth-order valence-electron chi connectivity index (χ4n) is 3.40. The fraction of sp³-hybridized carbons (Fsp3) is 0.130. The van der Waals surface area contributed by atoms with E-state index in [-0.39, 0.29) is 24.2 Å². The highest BCUT2D eigenvalue weighted by molar-refractivity contribution is 6.29. The zero-order chi connectivity index (χ0) is 20.2. The Hall–Kier alpha value is -3.36. The van der Waals surface area contributed by atoms with E-state index in [9.17, 15) is 9.18 Å². The van der Waals surface area contributed by atoms with Gasteiger partial charge in [0, 0.05) is 17.7 Å². The van der Waals surface area contributed by atoms with E-state index in [0.717, 1.165) is 11.1 Å². The molecule has 1 aliphatic rings. The van der Waals surface area contributed by atoms with Gasteiger partial charge in [-0.3, -0.25) is 0 Å². The predicted molar refractivity (Wildman–Crippen MR) is 109 cm³/mol. The molecule has 3 aromatic rings. The Kier molecular flexibility index (Phi) is 5.46. The summed E-state index contributed by atoms with van der Waals surface area (Å²) < 4.78 is 18.7. The molecule has 1 amide bonds. The number of ether oxygens (including phenoxy) is 1. The lowest BCUT2D eigenvalue weighted by molar-refractivity contribution is 0.144. The third kappa shape index (κ3) is 4.08. The first kappa shape index (κ1) is 19.0. The third-order valence-electron chi connectivity index (χ3n) is 4.69. The van der Waals surface area contributed by atoms with Crippen molar-refractivity contribution < 1.29 is 13.9 Å². The number of benzene rings is 2. The number of carbonyl (C=O) groups excluding carboxylic acids is 1. The van der Waals surface area contributed by atoms with Crippen molar-refractivity contribution >= 4 is 17.7 Å². The number of nitrogens with one attached hydrogen (secondary N) is 1. The highest BCUT2D eigenvalue weighted by Crippen LogP contribution is 2.44. The van der Waals surface area contributed by atoms with Crippen LogP contribution in [0.3, 0.4) is 0 Å². The van der Waals surface area contributed by atoms with Gasteiger partial charge in [0.05, 0.1) is 6.54 Å². The minimum absolute atomic E-state index is 0.00218. The Bertz CT molecular complexity index is 1090. The third-order valence-corrected chi connectivity index (χ3v) is 4.97. The first-order valence-electron chi connectivity index (χ1n) is 9.02. The number of rotatable bonds is 3. The number of fused-ring (bicyclic) bond motifs is 3. The van der Waals surface area contributed by atoms with E-state index < -0.39 is 11.9 Å². The molecule has 0 unspecified atom stereocenters. The summed E-state index contributed by atoms with van der Waals surface area (Å²) in [6.45, 7) is 0.306. The summed E-state index contributed by atoms with van der Waals surface area (Å²) in [4.78, 5) is 15.7. The molecule has 4 nitrogen and oxygen atoms in total. The number of pyridine rings is 1. The van der Waals surface area contributed by atoms with Crippen LogP contribution in [0.4, 0.5) is 9.18 Å². The molecule has 0 bridgehead atoms. The van der Waals surface area contributed by atoms with Crippen molar-refractivity contribution in [1.82, 2.24) is 10.3 Å². The Morgan fingerprint density at radius 2 is 1.79 bits per heavy atom. The maximum Gasteiger partial charge on any atom is 0.407 e. The van der Waals surface area contributed by atoms with Crippen LogP contribution in [0.15, 0.2) is 60.8 Å². The molecule has 144 valence electrons. The minimum atomic E-state index is -0.636. The van der Waals surface area contributed by atoms with Gasteiger partial charge in [-0.05, 0) is 28.3 Å². The second-order valence-electron chi connectivity index (χ2n) is 6.48. The van der Waals surface area contributed by atoms with Gasteiger partial charge in [-0.25, -0.2) is 14.2 Å². The fourth-order valence-corrected chi connectivity index (χ4v) is 3.50. The molecule has 0 saturated heterocycles. The van der Waals surface area contributed by atoms with Crippen LogP contribution in [-0.4, -0.2) is 24.2 Å². The molecule has 1 aromatic heterocycles. The SMILES string of the molecule is O=C(NCC#Cc1cnc(Cl)c(F)c1)OCC1c2ccccc2-c2ccccc21. The van der Waals surface area contributed by atoms with Crippen molar-refractivity contribution in [2.75, 3.05) is 13.2 Å². The van der Waals surface area contributed by atoms with Gasteiger partial charge in [0.1, 0.15) is 6.61 Å². The second kappa shape index (κ2) is 8.34. The average Bonchev–Trinajstić information content (AvgIpc) is 3.06. The van der Waals surface area contributed by atoms with Gasteiger partial charge >= 0.3 is 6.09 Å². The number of amides is 1. The molecule has 6 heteroatoms. The van der Waals surface area contributed by atoms with E-state index in [1.54, 1.807) is 0 Å². The van der Waals surface area contributed by atoms with Crippen molar-refractivity contribution in [1.29, 1.82) is 0 Å². The number of halogens is 2. The summed E-state index contributed by atoms with van der Waals surface area (Å²) in [7, 11) is 0. The summed E-state index contributed by atoms with van der Waals surface area (Å²) in [5, 5.41) is 2.37. The molecule has 1 aliphatic carbocycles. The summed E-state index contributed by atoms with van der Waals surface area (Å²) in [6.07, 6.45) is 0.813. The monoisotopic (exact) mass is 406 g/mol. The van der Waals surface area contributed by atoms with Crippen LogP contribution in [0.5, 0.6) is 0 Å². The van der Waals surface area contributed by atoms with Gasteiger partial charge in [0.2, 0.25) is 0 Å². The Balaban J connectivity index is 1.35. The van der Waals surface area contributed by atoms with Gasteiger partial charge in [-0.15, -0.1) is 0 Å². The molecule has 2 aromatic carbocycles. The van der Waals surface area contributed by atoms with Crippen molar-refractivity contribution in [3.05, 3.63) is 88.5 Å². The lowest BCUT2D eigenvalue weighted by Gasteiger charge is -2.14. The number of hydrogen-bond donors (Lipinski definition) is 1. The van der Waals surface area contributed by atoms with Crippen molar-refractivity contribution in [2.45, 2.75) is 5.92 Å². The first-order chi connectivity index (χ1) is 14.1. The molecule has 1 heterocycles. The largest absolute Gasteiger partial charge is 0.449 e. The zero-order valence-electron chi connectivity index (χ0n) is 15.3. The van der Waals surface area contributed by atoms with E-state index in [1.165, 1.54) is 23.4 Å². The van der Waals surface area contributed by atoms with Crippen molar-refractivity contribution in [3.63, 3.8) is 0 Å². The van der Waals surface area contributed by atoms with Crippen molar-refractivity contribution in [2.24, 2.45) is 0 Å². The van der Waals surface area contributed by atoms with Gasteiger partial charge in [-0.2, -0.15) is 0 Å². The normalized spacial score (nSPS) is 11.8. The lowest BCUT2D eigenvalue weighted by atomic mass is 9.98. The van der Waals surface area contributed by atoms with Gasteiger partial charge in [0.25, 0.3) is 0 Å². The standard InChI is InChI=1S/C23H16ClFN2O2/c24-22-21(25)12-15(13-27-22)6-5-11-26-23(28)29-14-20-18-9-3-1-7-16(18)17-8-2-4-10-19(17)20/h1-4,7-10,12-13,20H,11,14H2,(H,26,28). The maximum atomic E-state index is 13.3. The molecule has 0 saturated carbocycles.